The van der Waals surface area contributed by atoms with Gasteiger partial charge >= 0.3 is 6.03 Å². The van der Waals surface area contributed by atoms with Gasteiger partial charge in [0.25, 0.3) is 0 Å². The first-order valence-corrected chi connectivity index (χ1v) is 9.46. The van der Waals surface area contributed by atoms with Gasteiger partial charge in [0, 0.05) is 51.0 Å². The molecule has 1 aromatic heterocycles. The highest BCUT2D eigenvalue weighted by molar-refractivity contribution is 5.89. The second-order valence-corrected chi connectivity index (χ2v) is 7.00. The van der Waals surface area contributed by atoms with E-state index >= 15 is 0 Å². The van der Waals surface area contributed by atoms with Crippen molar-refractivity contribution in [2.75, 3.05) is 31.5 Å². The van der Waals surface area contributed by atoms with Gasteiger partial charge in [0.05, 0.1) is 0 Å². The molecule has 2 aromatic carbocycles. The SMILES string of the molecule is Cn1cnc(-c2ccc(NC(=O)N3CCN(Cc4ccccc4)CC3)cc2)n1. The number of benzene rings is 2. The van der Waals surface area contributed by atoms with E-state index in [1.807, 2.05) is 42.3 Å². The predicted octanol–water partition coefficient (Wildman–Crippen LogP) is 2.83. The lowest BCUT2D eigenvalue weighted by Crippen LogP contribution is -2.49. The molecule has 28 heavy (non-hydrogen) atoms. The minimum Gasteiger partial charge on any atom is -0.322 e. The topological polar surface area (TPSA) is 66.3 Å². The Labute approximate surface area is 164 Å². The van der Waals surface area contributed by atoms with Gasteiger partial charge in [0.15, 0.2) is 5.82 Å². The smallest absolute Gasteiger partial charge is 0.321 e. The van der Waals surface area contributed by atoms with E-state index < -0.39 is 0 Å². The molecule has 0 spiro atoms. The summed E-state index contributed by atoms with van der Waals surface area (Å²) in [5, 5.41) is 7.27. The van der Waals surface area contributed by atoms with E-state index in [-0.39, 0.29) is 6.03 Å². The molecule has 0 atom stereocenters. The van der Waals surface area contributed by atoms with Gasteiger partial charge in [-0.05, 0) is 29.8 Å². The molecule has 3 aromatic rings. The van der Waals surface area contributed by atoms with Gasteiger partial charge in [-0.15, -0.1) is 0 Å². The Kier molecular flexibility index (Phi) is 5.34. The van der Waals surface area contributed by atoms with Crippen LogP contribution < -0.4 is 5.32 Å². The maximum Gasteiger partial charge on any atom is 0.321 e. The summed E-state index contributed by atoms with van der Waals surface area (Å²) in [6.07, 6.45) is 1.67. The maximum atomic E-state index is 12.6. The van der Waals surface area contributed by atoms with Crippen LogP contribution in [0.2, 0.25) is 0 Å². The zero-order valence-electron chi connectivity index (χ0n) is 16.0. The Morgan fingerprint density at radius 3 is 2.36 bits per heavy atom. The van der Waals surface area contributed by atoms with Crippen molar-refractivity contribution in [2.24, 2.45) is 7.05 Å². The van der Waals surface area contributed by atoms with Crippen LogP contribution in [0, 0.1) is 0 Å². The van der Waals surface area contributed by atoms with Gasteiger partial charge in [0.2, 0.25) is 0 Å². The summed E-state index contributed by atoms with van der Waals surface area (Å²) in [5.41, 5.74) is 3.01. The Balaban J connectivity index is 1.28. The number of aryl methyl sites for hydroxylation is 1. The first-order chi connectivity index (χ1) is 13.7. The zero-order valence-corrected chi connectivity index (χ0v) is 16.0. The Morgan fingerprint density at radius 1 is 1.00 bits per heavy atom. The Bertz CT molecular complexity index is 914. The van der Waals surface area contributed by atoms with E-state index in [1.54, 1.807) is 11.0 Å². The predicted molar refractivity (Wildman–Crippen MR) is 109 cm³/mol. The van der Waals surface area contributed by atoms with Crippen molar-refractivity contribution in [3.8, 4) is 11.4 Å². The molecule has 0 aliphatic carbocycles. The molecule has 0 radical (unpaired) electrons. The van der Waals surface area contributed by atoms with E-state index in [4.69, 9.17) is 0 Å². The first kappa shape index (κ1) is 18.2. The molecule has 1 N–H and O–H groups in total. The molecule has 0 bridgehead atoms. The van der Waals surface area contributed by atoms with Crippen LogP contribution in [-0.2, 0) is 13.6 Å². The monoisotopic (exact) mass is 376 g/mol. The summed E-state index contributed by atoms with van der Waals surface area (Å²) in [7, 11) is 1.84. The molecule has 1 saturated heterocycles. The average Bonchev–Trinajstić information content (AvgIpc) is 3.16. The average molecular weight is 376 g/mol. The molecular formula is C21H24N6O. The normalized spacial score (nSPS) is 14.8. The van der Waals surface area contributed by atoms with Crippen molar-refractivity contribution in [3.05, 3.63) is 66.5 Å². The van der Waals surface area contributed by atoms with Crippen LogP contribution in [0.4, 0.5) is 10.5 Å². The number of rotatable bonds is 4. The number of anilines is 1. The number of nitrogens with zero attached hydrogens (tertiary/aromatic N) is 5. The quantitative estimate of drug-likeness (QED) is 0.760. The molecule has 7 nitrogen and oxygen atoms in total. The molecule has 7 heteroatoms. The molecule has 0 saturated carbocycles. The van der Waals surface area contributed by atoms with Gasteiger partial charge in [-0.3, -0.25) is 9.58 Å². The maximum absolute atomic E-state index is 12.6. The third kappa shape index (κ3) is 4.37. The first-order valence-electron chi connectivity index (χ1n) is 9.46. The Hall–Kier alpha value is -3.19. The number of nitrogens with one attached hydrogen (secondary N) is 1. The number of hydrogen-bond acceptors (Lipinski definition) is 4. The number of hydrogen-bond donors (Lipinski definition) is 1. The van der Waals surface area contributed by atoms with Crippen molar-refractivity contribution in [1.29, 1.82) is 0 Å². The summed E-state index contributed by atoms with van der Waals surface area (Å²) >= 11 is 0. The highest BCUT2D eigenvalue weighted by atomic mass is 16.2. The van der Waals surface area contributed by atoms with Gasteiger partial charge in [0.1, 0.15) is 6.33 Å². The molecule has 1 aliphatic heterocycles. The van der Waals surface area contributed by atoms with Crippen LogP contribution in [0.3, 0.4) is 0 Å². The van der Waals surface area contributed by atoms with E-state index in [1.165, 1.54) is 5.56 Å². The number of carbonyl (C=O) groups excluding carboxylic acids is 1. The second kappa shape index (κ2) is 8.22. The molecule has 144 valence electrons. The number of carbonyl (C=O) groups is 1. The highest BCUT2D eigenvalue weighted by Gasteiger charge is 2.21. The fourth-order valence-corrected chi connectivity index (χ4v) is 3.33. The van der Waals surface area contributed by atoms with Crippen LogP contribution in [0.1, 0.15) is 5.56 Å². The molecule has 2 heterocycles. The third-order valence-electron chi connectivity index (χ3n) is 4.90. The van der Waals surface area contributed by atoms with Crippen molar-refractivity contribution in [1.82, 2.24) is 24.6 Å². The fourth-order valence-electron chi connectivity index (χ4n) is 3.33. The molecular weight excluding hydrogens is 352 g/mol. The zero-order chi connectivity index (χ0) is 19.3. The van der Waals surface area contributed by atoms with E-state index in [0.29, 0.717) is 5.82 Å². The van der Waals surface area contributed by atoms with Gasteiger partial charge in [-0.2, -0.15) is 5.10 Å². The van der Waals surface area contributed by atoms with Crippen molar-refractivity contribution in [2.45, 2.75) is 6.54 Å². The van der Waals surface area contributed by atoms with Crippen molar-refractivity contribution in [3.63, 3.8) is 0 Å². The lowest BCUT2D eigenvalue weighted by Gasteiger charge is -2.34. The van der Waals surface area contributed by atoms with Crippen LogP contribution in [0.25, 0.3) is 11.4 Å². The molecule has 2 amide bonds. The van der Waals surface area contributed by atoms with Crippen molar-refractivity contribution < 1.29 is 4.79 Å². The van der Waals surface area contributed by atoms with Gasteiger partial charge in [-0.25, -0.2) is 9.78 Å². The Morgan fingerprint density at radius 2 is 1.71 bits per heavy atom. The summed E-state index contributed by atoms with van der Waals surface area (Å²) in [6.45, 7) is 4.15. The van der Waals surface area contributed by atoms with E-state index in [0.717, 1.165) is 44.0 Å². The summed E-state index contributed by atoms with van der Waals surface area (Å²) < 4.78 is 1.67. The second-order valence-electron chi connectivity index (χ2n) is 7.00. The molecule has 0 unspecified atom stereocenters. The fraction of sp³-hybridized carbons (Fsp3) is 0.286. The standard InChI is InChI=1S/C21H24N6O/c1-25-16-22-20(24-25)18-7-9-19(10-8-18)23-21(28)27-13-11-26(12-14-27)15-17-5-3-2-4-6-17/h2-10,16H,11-15H2,1H3,(H,23,28). The highest BCUT2D eigenvalue weighted by Crippen LogP contribution is 2.18. The number of urea groups is 1. The van der Waals surface area contributed by atoms with Crippen LogP contribution in [0.5, 0.6) is 0 Å². The molecule has 1 fully saturated rings. The van der Waals surface area contributed by atoms with Crippen LogP contribution >= 0.6 is 0 Å². The summed E-state index contributed by atoms with van der Waals surface area (Å²) in [6, 6.07) is 18.0. The minimum absolute atomic E-state index is 0.0527. The molecule has 4 rings (SSSR count). The van der Waals surface area contributed by atoms with Crippen molar-refractivity contribution >= 4 is 11.7 Å². The number of amides is 2. The lowest BCUT2D eigenvalue weighted by atomic mass is 10.2. The van der Waals surface area contributed by atoms with Crippen LogP contribution in [0.15, 0.2) is 60.9 Å². The van der Waals surface area contributed by atoms with Gasteiger partial charge < -0.3 is 10.2 Å². The molecule has 1 aliphatic rings. The van der Waals surface area contributed by atoms with E-state index in [9.17, 15) is 4.79 Å². The number of piperazine rings is 1. The number of aromatic nitrogens is 3. The van der Waals surface area contributed by atoms with E-state index in [2.05, 4.69) is 44.6 Å². The third-order valence-corrected chi connectivity index (χ3v) is 4.90. The largest absolute Gasteiger partial charge is 0.322 e. The van der Waals surface area contributed by atoms with Gasteiger partial charge in [-0.1, -0.05) is 30.3 Å². The van der Waals surface area contributed by atoms with Crippen LogP contribution in [-0.4, -0.2) is 56.8 Å². The summed E-state index contributed by atoms with van der Waals surface area (Å²) in [4.78, 5) is 21.1. The lowest BCUT2D eigenvalue weighted by molar-refractivity contribution is 0.143. The summed E-state index contributed by atoms with van der Waals surface area (Å²) in [5.74, 6) is 0.676. The minimum atomic E-state index is -0.0527.